The van der Waals surface area contributed by atoms with Gasteiger partial charge in [0.2, 0.25) is 5.91 Å². The third-order valence-electron chi connectivity index (χ3n) is 4.98. The Labute approximate surface area is 149 Å². The van der Waals surface area contributed by atoms with Crippen molar-refractivity contribution in [1.29, 1.82) is 0 Å². The molecular formula is C18H27ClN4O. The molecule has 1 aromatic carbocycles. The molecule has 1 aromatic rings. The highest BCUT2D eigenvalue weighted by Crippen LogP contribution is 2.37. The van der Waals surface area contributed by atoms with Gasteiger partial charge in [0.25, 0.3) is 0 Å². The predicted octanol–water partition coefficient (Wildman–Crippen LogP) is 3.19. The molecule has 1 fully saturated rings. The van der Waals surface area contributed by atoms with Crippen molar-refractivity contribution in [2.45, 2.75) is 49.7 Å². The number of anilines is 2. The Bertz CT molecular complexity index is 549. The van der Waals surface area contributed by atoms with Crippen LogP contribution >= 0.6 is 11.6 Å². The van der Waals surface area contributed by atoms with E-state index in [4.69, 9.17) is 11.6 Å². The van der Waals surface area contributed by atoms with Gasteiger partial charge in [0.1, 0.15) is 0 Å². The minimum Gasteiger partial charge on any atom is -0.355 e. The Kier molecular flexibility index (Phi) is 5.51. The number of alkyl halides is 1. The SMILES string of the molecule is CN(CCNC(=O)CC1(Cl)Nc2ccccc2N1)C1CCCCC1. The zero-order valence-electron chi connectivity index (χ0n) is 14.3. The van der Waals surface area contributed by atoms with Gasteiger partial charge in [0, 0.05) is 19.1 Å². The summed E-state index contributed by atoms with van der Waals surface area (Å²) in [6, 6.07) is 8.45. The molecule has 132 valence electrons. The Morgan fingerprint density at radius 3 is 2.50 bits per heavy atom. The third-order valence-corrected chi connectivity index (χ3v) is 5.30. The first-order chi connectivity index (χ1) is 11.6. The van der Waals surface area contributed by atoms with Crippen molar-refractivity contribution in [3.63, 3.8) is 0 Å². The van der Waals surface area contributed by atoms with Gasteiger partial charge in [-0.25, -0.2) is 0 Å². The number of likely N-dealkylation sites (N-methyl/N-ethyl adjacent to an activating group) is 1. The van der Waals surface area contributed by atoms with E-state index < -0.39 is 5.12 Å². The monoisotopic (exact) mass is 350 g/mol. The summed E-state index contributed by atoms with van der Waals surface area (Å²) in [4.78, 5) is 14.6. The lowest BCUT2D eigenvalue weighted by Crippen LogP contribution is -2.43. The molecule has 0 atom stereocenters. The van der Waals surface area contributed by atoms with Crippen LogP contribution in [0.2, 0.25) is 0 Å². The van der Waals surface area contributed by atoms with Crippen LogP contribution < -0.4 is 16.0 Å². The van der Waals surface area contributed by atoms with Gasteiger partial charge < -0.3 is 20.9 Å². The maximum atomic E-state index is 12.2. The molecule has 0 unspecified atom stereocenters. The number of carbonyl (C=O) groups is 1. The van der Waals surface area contributed by atoms with E-state index in [2.05, 4.69) is 27.9 Å². The Hall–Kier alpha value is -1.46. The van der Waals surface area contributed by atoms with Crippen molar-refractivity contribution in [3.05, 3.63) is 24.3 Å². The molecule has 6 heteroatoms. The van der Waals surface area contributed by atoms with E-state index in [1.165, 1.54) is 32.1 Å². The second kappa shape index (κ2) is 7.62. The van der Waals surface area contributed by atoms with E-state index in [-0.39, 0.29) is 12.3 Å². The number of fused-ring (bicyclic) bond motifs is 1. The van der Waals surface area contributed by atoms with Crippen LogP contribution in [0, 0.1) is 0 Å². The molecule has 0 radical (unpaired) electrons. The lowest BCUT2D eigenvalue weighted by atomic mass is 9.94. The van der Waals surface area contributed by atoms with Gasteiger partial charge in [-0.15, -0.1) is 0 Å². The number of para-hydroxylation sites is 2. The largest absolute Gasteiger partial charge is 0.355 e. The number of amides is 1. The molecule has 1 saturated carbocycles. The number of hydrogen-bond acceptors (Lipinski definition) is 4. The highest BCUT2D eigenvalue weighted by molar-refractivity contribution is 6.28. The number of hydrogen-bond donors (Lipinski definition) is 3. The lowest BCUT2D eigenvalue weighted by molar-refractivity contribution is -0.121. The fraction of sp³-hybridized carbons (Fsp3) is 0.611. The summed E-state index contributed by atoms with van der Waals surface area (Å²) in [6.45, 7) is 1.54. The second-order valence-corrected chi connectivity index (χ2v) is 7.54. The summed E-state index contributed by atoms with van der Waals surface area (Å²) in [5, 5.41) is 8.40. The summed E-state index contributed by atoms with van der Waals surface area (Å²) in [7, 11) is 2.15. The first-order valence-corrected chi connectivity index (χ1v) is 9.25. The molecule has 24 heavy (non-hydrogen) atoms. The van der Waals surface area contributed by atoms with E-state index in [9.17, 15) is 4.79 Å². The van der Waals surface area contributed by atoms with Crippen molar-refractivity contribution >= 4 is 28.9 Å². The fourth-order valence-corrected chi connectivity index (χ4v) is 3.93. The molecule has 2 aliphatic rings. The van der Waals surface area contributed by atoms with E-state index in [1.54, 1.807) is 0 Å². The van der Waals surface area contributed by atoms with Crippen molar-refractivity contribution in [3.8, 4) is 0 Å². The molecule has 0 spiro atoms. The summed E-state index contributed by atoms with van der Waals surface area (Å²) in [5.41, 5.74) is 1.86. The van der Waals surface area contributed by atoms with Crippen LogP contribution in [0.3, 0.4) is 0 Å². The average Bonchev–Trinajstić information content (AvgIpc) is 2.91. The van der Waals surface area contributed by atoms with Crippen LogP contribution in [0.5, 0.6) is 0 Å². The van der Waals surface area contributed by atoms with Crippen LogP contribution in [-0.4, -0.2) is 42.1 Å². The number of nitrogens with zero attached hydrogens (tertiary/aromatic N) is 1. The quantitative estimate of drug-likeness (QED) is 0.545. The van der Waals surface area contributed by atoms with Gasteiger partial charge in [-0.05, 0) is 32.0 Å². The zero-order chi connectivity index (χ0) is 17.0. The summed E-state index contributed by atoms with van der Waals surface area (Å²) in [6.07, 6.45) is 6.75. The van der Waals surface area contributed by atoms with Crippen LogP contribution in [0.25, 0.3) is 0 Å². The highest BCUT2D eigenvalue weighted by Gasteiger charge is 2.36. The van der Waals surface area contributed by atoms with Gasteiger partial charge >= 0.3 is 0 Å². The van der Waals surface area contributed by atoms with E-state index in [1.807, 2.05) is 24.3 Å². The number of benzene rings is 1. The summed E-state index contributed by atoms with van der Waals surface area (Å²) in [5.74, 6) is -0.0464. The summed E-state index contributed by atoms with van der Waals surface area (Å²) < 4.78 is 0. The molecule has 5 nitrogen and oxygen atoms in total. The minimum atomic E-state index is -0.941. The molecule has 1 amide bonds. The van der Waals surface area contributed by atoms with Gasteiger partial charge in [0.05, 0.1) is 17.8 Å². The fourth-order valence-electron chi connectivity index (χ4n) is 3.61. The number of nitrogens with one attached hydrogen (secondary N) is 3. The zero-order valence-corrected chi connectivity index (χ0v) is 15.0. The van der Waals surface area contributed by atoms with Crippen molar-refractivity contribution < 1.29 is 4.79 Å². The molecule has 1 aliphatic heterocycles. The molecule has 1 aliphatic carbocycles. The van der Waals surface area contributed by atoms with Gasteiger partial charge in [-0.2, -0.15) is 0 Å². The predicted molar refractivity (Wildman–Crippen MR) is 99.4 cm³/mol. The standard InChI is InChI=1S/C18H27ClN4O/c1-23(14-7-3-2-4-8-14)12-11-20-17(24)13-18(19)21-15-9-5-6-10-16(15)22-18/h5-6,9-10,14,21-22H,2-4,7-8,11-13H2,1H3,(H,20,24). The van der Waals surface area contributed by atoms with E-state index >= 15 is 0 Å². The molecule has 3 N–H and O–H groups in total. The summed E-state index contributed by atoms with van der Waals surface area (Å²) >= 11 is 6.50. The Morgan fingerprint density at radius 2 is 1.88 bits per heavy atom. The highest BCUT2D eigenvalue weighted by atomic mass is 35.5. The molecule has 1 heterocycles. The average molecular weight is 351 g/mol. The molecule has 0 bridgehead atoms. The minimum absolute atomic E-state index is 0.0464. The van der Waals surface area contributed by atoms with Gasteiger partial charge in [-0.1, -0.05) is 43.0 Å². The van der Waals surface area contributed by atoms with Crippen LogP contribution in [0.4, 0.5) is 11.4 Å². The van der Waals surface area contributed by atoms with E-state index in [0.717, 1.165) is 17.9 Å². The number of halogens is 1. The molecule has 0 saturated heterocycles. The second-order valence-electron chi connectivity index (χ2n) is 6.90. The van der Waals surface area contributed by atoms with Crippen LogP contribution in [0.1, 0.15) is 38.5 Å². The molecule has 3 rings (SSSR count). The Morgan fingerprint density at radius 1 is 1.25 bits per heavy atom. The normalized spacial score (nSPS) is 19.5. The van der Waals surface area contributed by atoms with Crippen LogP contribution in [0.15, 0.2) is 24.3 Å². The third kappa shape index (κ3) is 4.33. The smallest absolute Gasteiger partial charge is 0.225 e. The number of rotatable bonds is 6. The van der Waals surface area contributed by atoms with Gasteiger partial charge in [0.15, 0.2) is 5.12 Å². The van der Waals surface area contributed by atoms with E-state index in [0.29, 0.717) is 12.6 Å². The van der Waals surface area contributed by atoms with Crippen molar-refractivity contribution in [2.24, 2.45) is 0 Å². The molecule has 0 aromatic heterocycles. The Balaban J connectivity index is 1.40. The lowest BCUT2D eigenvalue weighted by Gasteiger charge is -2.31. The number of carbonyl (C=O) groups excluding carboxylic acids is 1. The van der Waals surface area contributed by atoms with Crippen LogP contribution in [-0.2, 0) is 4.79 Å². The first kappa shape index (κ1) is 17.4. The maximum Gasteiger partial charge on any atom is 0.225 e. The van der Waals surface area contributed by atoms with Crippen molar-refractivity contribution in [1.82, 2.24) is 10.2 Å². The van der Waals surface area contributed by atoms with Gasteiger partial charge in [-0.3, -0.25) is 4.79 Å². The maximum absolute atomic E-state index is 12.2. The molecular weight excluding hydrogens is 324 g/mol. The van der Waals surface area contributed by atoms with Crippen molar-refractivity contribution in [2.75, 3.05) is 30.8 Å². The topological polar surface area (TPSA) is 56.4 Å². The first-order valence-electron chi connectivity index (χ1n) is 8.87.